The van der Waals surface area contributed by atoms with Crippen molar-refractivity contribution in [3.63, 3.8) is 0 Å². The lowest BCUT2D eigenvalue weighted by Crippen LogP contribution is -2.26. The molecule has 2 aromatic rings. The fourth-order valence-electron chi connectivity index (χ4n) is 1.32. The van der Waals surface area contributed by atoms with Gasteiger partial charge in [0, 0.05) is 31.1 Å². The highest BCUT2D eigenvalue weighted by Crippen LogP contribution is 1.94. The number of hydrogen-bond donors (Lipinski definition) is 2. The molecule has 2 N–H and O–H groups in total. The summed E-state index contributed by atoms with van der Waals surface area (Å²) in [6.07, 6.45) is 4.03. The summed E-state index contributed by atoms with van der Waals surface area (Å²) in [7, 11) is 0. The molecular weight excluding hydrogens is 204 g/mol. The van der Waals surface area contributed by atoms with Crippen LogP contribution in [-0.2, 0) is 6.42 Å². The summed E-state index contributed by atoms with van der Waals surface area (Å²) in [5.41, 5.74) is 1.44. The molecule has 0 fully saturated rings. The van der Waals surface area contributed by atoms with Crippen LogP contribution >= 0.6 is 0 Å². The van der Waals surface area contributed by atoms with Crippen LogP contribution in [0.1, 0.15) is 16.2 Å². The fraction of sp³-hybridized carbons (Fsp3) is 0.182. The smallest absolute Gasteiger partial charge is 0.269 e. The number of aromatic amines is 1. The summed E-state index contributed by atoms with van der Waals surface area (Å²) >= 11 is 0. The Hall–Kier alpha value is -2.17. The Kier molecular flexibility index (Phi) is 3.28. The van der Waals surface area contributed by atoms with Gasteiger partial charge in [-0.25, -0.2) is 0 Å². The molecule has 0 aliphatic heterocycles. The Balaban J connectivity index is 1.81. The Labute approximate surface area is 92.9 Å². The molecule has 0 atom stereocenters. The summed E-state index contributed by atoms with van der Waals surface area (Å²) in [5.74, 6) is -0.153. The molecule has 16 heavy (non-hydrogen) atoms. The zero-order valence-electron chi connectivity index (χ0n) is 8.68. The van der Waals surface area contributed by atoms with Crippen LogP contribution in [0.15, 0.2) is 36.7 Å². The predicted molar refractivity (Wildman–Crippen MR) is 58.9 cm³/mol. The maximum absolute atomic E-state index is 11.6. The van der Waals surface area contributed by atoms with E-state index < -0.39 is 0 Å². The summed E-state index contributed by atoms with van der Waals surface area (Å²) in [4.78, 5) is 15.5. The van der Waals surface area contributed by atoms with Gasteiger partial charge in [-0.05, 0) is 18.2 Å². The number of carbonyl (C=O) groups excluding carboxylic acids is 1. The van der Waals surface area contributed by atoms with Crippen LogP contribution in [0.25, 0.3) is 0 Å². The van der Waals surface area contributed by atoms with E-state index in [1.807, 2.05) is 6.07 Å². The largest absolute Gasteiger partial charge is 0.350 e. The second-order valence-corrected chi connectivity index (χ2v) is 3.30. The summed E-state index contributed by atoms with van der Waals surface area (Å²) < 4.78 is 0. The molecule has 2 aromatic heterocycles. The van der Waals surface area contributed by atoms with Gasteiger partial charge in [0.05, 0.1) is 0 Å². The van der Waals surface area contributed by atoms with Crippen LogP contribution in [-0.4, -0.2) is 27.6 Å². The number of pyridine rings is 1. The van der Waals surface area contributed by atoms with Crippen molar-refractivity contribution >= 4 is 5.91 Å². The lowest BCUT2D eigenvalue weighted by Gasteiger charge is -2.02. The number of nitrogens with one attached hydrogen (secondary N) is 2. The molecule has 0 aromatic carbocycles. The van der Waals surface area contributed by atoms with Crippen molar-refractivity contribution in [3.8, 4) is 0 Å². The van der Waals surface area contributed by atoms with Crippen LogP contribution in [0.4, 0.5) is 0 Å². The number of H-pyrrole nitrogens is 1. The van der Waals surface area contributed by atoms with E-state index in [2.05, 4.69) is 20.5 Å². The molecule has 0 aliphatic carbocycles. The zero-order valence-corrected chi connectivity index (χ0v) is 8.68. The second kappa shape index (κ2) is 5.06. The minimum atomic E-state index is -0.153. The molecule has 0 aliphatic rings. The average Bonchev–Trinajstić information content (AvgIpc) is 2.83. The normalized spacial score (nSPS) is 10.0. The van der Waals surface area contributed by atoms with Gasteiger partial charge in [0.2, 0.25) is 0 Å². The molecule has 0 bridgehead atoms. The molecule has 0 saturated heterocycles. The number of rotatable bonds is 4. The first kappa shape index (κ1) is 10.4. The highest BCUT2D eigenvalue weighted by molar-refractivity contribution is 5.92. The van der Waals surface area contributed by atoms with E-state index in [0.717, 1.165) is 12.1 Å². The summed E-state index contributed by atoms with van der Waals surface area (Å²) in [5, 5.41) is 9.45. The maximum Gasteiger partial charge on any atom is 0.269 e. The predicted octanol–water partition coefficient (Wildman–Crippen LogP) is 0.777. The Morgan fingerprint density at radius 2 is 2.25 bits per heavy atom. The van der Waals surface area contributed by atoms with Crippen molar-refractivity contribution in [2.24, 2.45) is 0 Å². The molecule has 82 valence electrons. The van der Waals surface area contributed by atoms with Gasteiger partial charge >= 0.3 is 0 Å². The first-order valence-corrected chi connectivity index (χ1v) is 5.04. The molecule has 0 spiro atoms. The number of nitrogens with zero attached hydrogens (tertiary/aromatic N) is 2. The zero-order chi connectivity index (χ0) is 11.2. The standard InChI is InChI=1S/C11H12N4O/c16-11(10-3-1-2-6-12-10)13-7-4-9-5-8-14-15-9/h1-3,5-6,8H,4,7H2,(H,13,16)(H,14,15). The van der Waals surface area contributed by atoms with Crippen molar-refractivity contribution in [3.05, 3.63) is 48.0 Å². The fourth-order valence-corrected chi connectivity index (χ4v) is 1.32. The van der Waals surface area contributed by atoms with Crippen molar-refractivity contribution in [2.45, 2.75) is 6.42 Å². The van der Waals surface area contributed by atoms with E-state index >= 15 is 0 Å². The first-order valence-electron chi connectivity index (χ1n) is 5.04. The van der Waals surface area contributed by atoms with Gasteiger partial charge in [-0.2, -0.15) is 5.10 Å². The highest BCUT2D eigenvalue weighted by Gasteiger charge is 2.04. The third kappa shape index (κ3) is 2.66. The second-order valence-electron chi connectivity index (χ2n) is 3.30. The highest BCUT2D eigenvalue weighted by atomic mass is 16.1. The number of aromatic nitrogens is 3. The van der Waals surface area contributed by atoms with Crippen LogP contribution in [0, 0.1) is 0 Å². The van der Waals surface area contributed by atoms with Gasteiger partial charge < -0.3 is 5.32 Å². The topological polar surface area (TPSA) is 70.7 Å². The molecule has 2 rings (SSSR count). The van der Waals surface area contributed by atoms with Gasteiger partial charge in [-0.1, -0.05) is 6.07 Å². The van der Waals surface area contributed by atoms with E-state index in [9.17, 15) is 4.79 Å². The van der Waals surface area contributed by atoms with Crippen LogP contribution in [0.2, 0.25) is 0 Å². The van der Waals surface area contributed by atoms with Crippen LogP contribution < -0.4 is 5.32 Å². The van der Waals surface area contributed by atoms with E-state index in [1.165, 1.54) is 0 Å². The van der Waals surface area contributed by atoms with E-state index in [4.69, 9.17) is 0 Å². The molecule has 0 saturated carbocycles. The van der Waals surface area contributed by atoms with E-state index in [1.54, 1.807) is 30.6 Å². The summed E-state index contributed by atoms with van der Waals surface area (Å²) in [6, 6.07) is 7.14. The summed E-state index contributed by atoms with van der Waals surface area (Å²) in [6.45, 7) is 0.567. The van der Waals surface area contributed by atoms with Gasteiger partial charge in [0.1, 0.15) is 5.69 Å². The van der Waals surface area contributed by atoms with Gasteiger partial charge in [0.15, 0.2) is 0 Å². The third-order valence-corrected chi connectivity index (χ3v) is 2.14. The Morgan fingerprint density at radius 1 is 1.31 bits per heavy atom. The maximum atomic E-state index is 11.6. The van der Waals surface area contributed by atoms with Crippen LogP contribution in [0.5, 0.6) is 0 Å². The lowest BCUT2D eigenvalue weighted by atomic mass is 10.3. The van der Waals surface area contributed by atoms with E-state index in [-0.39, 0.29) is 5.91 Å². The molecule has 0 unspecified atom stereocenters. The molecular formula is C11H12N4O. The number of hydrogen-bond acceptors (Lipinski definition) is 3. The molecule has 1 amide bonds. The lowest BCUT2D eigenvalue weighted by molar-refractivity contribution is 0.0949. The van der Waals surface area contributed by atoms with Crippen molar-refractivity contribution < 1.29 is 4.79 Å². The Bertz CT molecular complexity index is 438. The van der Waals surface area contributed by atoms with Gasteiger partial charge in [0.25, 0.3) is 5.91 Å². The van der Waals surface area contributed by atoms with Crippen molar-refractivity contribution in [2.75, 3.05) is 6.54 Å². The Morgan fingerprint density at radius 3 is 2.94 bits per heavy atom. The first-order chi connectivity index (χ1) is 7.86. The SMILES string of the molecule is O=C(NCCc1ccn[nH]1)c1ccccn1. The minimum Gasteiger partial charge on any atom is -0.350 e. The van der Waals surface area contributed by atoms with E-state index in [0.29, 0.717) is 12.2 Å². The molecule has 5 heteroatoms. The molecule has 2 heterocycles. The monoisotopic (exact) mass is 216 g/mol. The van der Waals surface area contributed by atoms with Gasteiger partial charge in [-0.15, -0.1) is 0 Å². The third-order valence-electron chi connectivity index (χ3n) is 2.14. The number of amides is 1. The van der Waals surface area contributed by atoms with Crippen LogP contribution in [0.3, 0.4) is 0 Å². The number of carbonyl (C=O) groups is 1. The molecule has 0 radical (unpaired) electrons. The van der Waals surface area contributed by atoms with Gasteiger partial charge in [-0.3, -0.25) is 14.9 Å². The van der Waals surface area contributed by atoms with Crippen molar-refractivity contribution in [1.29, 1.82) is 0 Å². The molecule has 5 nitrogen and oxygen atoms in total. The quantitative estimate of drug-likeness (QED) is 0.793. The average molecular weight is 216 g/mol. The minimum absolute atomic E-state index is 0.153. The van der Waals surface area contributed by atoms with Crippen molar-refractivity contribution in [1.82, 2.24) is 20.5 Å².